The fourth-order valence-electron chi connectivity index (χ4n) is 0.324. The molecule has 44 valence electrons. The molecule has 0 fully saturated rings. The van der Waals surface area contributed by atoms with Crippen LogP contribution in [0.4, 0.5) is 0 Å². The summed E-state index contributed by atoms with van der Waals surface area (Å²) < 4.78 is 0. The lowest BCUT2D eigenvalue weighted by Gasteiger charge is -1.90. The highest BCUT2D eigenvalue weighted by molar-refractivity contribution is 4.99. The summed E-state index contributed by atoms with van der Waals surface area (Å²) in [6.07, 6.45) is 4.18. The summed E-state index contributed by atoms with van der Waals surface area (Å²) in [5, 5.41) is 10.9. The molecule has 0 spiro atoms. The molecule has 0 unspecified atom stereocenters. The van der Waals surface area contributed by atoms with Crippen LogP contribution in [0.1, 0.15) is 13.3 Å². The lowest BCUT2D eigenvalue weighted by atomic mass is 10.5. The van der Waals surface area contributed by atoms with E-state index in [1.807, 2.05) is 6.07 Å². The molecule has 2 heteroatoms. The molecule has 0 aliphatic carbocycles. The minimum atomic E-state index is 0.943. The zero-order valence-corrected chi connectivity index (χ0v) is 5.02. The van der Waals surface area contributed by atoms with Gasteiger partial charge in [-0.15, -0.1) is 0 Å². The molecule has 0 rings (SSSR count). The standard InChI is InChI=1S/C6H10N2/c1-2-5-8-6-3-4-7/h3,6,8H,2,5H2,1H3. The van der Waals surface area contributed by atoms with Crippen molar-refractivity contribution >= 4 is 0 Å². The van der Waals surface area contributed by atoms with Crippen LogP contribution < -0.4 is 5.32 Å². The van der Waals surface area contributed by atoms with Crippen molar-refractivity contribution in [1.29, 1.82) is 5.26 Å². The van der Waals surface area contributed by atoms with Gasteiger partial charge in [0.15, 0.2) is 0 Å². The SMILES string of the molecule is CCCNC=CC#N. The summed E-state index contributed by atoms with van der Waals surface area (Å²) in [6, 6.07) is 1.88. The maximum absolute atomic E-state index is 7.99. The predicted molar refractivity (Wildman–Crippen MR) is 33.0 cm³/mol. The van der Waals surface area contributed by atoms with E-state index in [4.69, 9.17) is 5.26 Å². The van der Waals surface area contributed by atoms with Crippen LogP contribution in [0.15, 0.2) is 12.3 Å². The Kier molecular flexibility index (Phi) is 5.30. The summed E-state index contributed by atoms with van der Waals surface area (Å²) in [6.45, 7) is 3.02. The first-order chi connectivity index (χ1) is 3.91. The number of allylic oxidation sites excluding steroid dienone is 1. The molecule has 0 saturated heterocycles. The van der Waals surface area contributed by atoms with Gasteiger partial charge in [-0.1, -0.05) is 6.92 Å². The van der Waals surface area contributed by atoms with E-state index in [1.165, 1.54) is 6.08 Å². The number of nitrogens with one attached hydrogen (secondary N) is 1. The summed E-state index contributed by atoms with van der Waals surface area (Å²) in [4.78, 5) is 0. The smallest absolute Gasteiger partial charge is 0.0927 e. The largest absolute Gasteiger partial charge is 0.390 e. The van der Waals surface area contributed by atoms with Gasteiger partial charge in [0.2, 0.25) is 0 Å². The summed E-state index contributed by atoms with van der Waals surface area (Å²) in [5.74, 6) is 0. The Morgan fingerprint density at radius 3 is 3.00 bits per heavy atom. The molecule has 0 radical (unpaired) electrons. The summed E-state index contributed by atoms with van der Waals surface area (Å²) >= 11 is 0. The molecule has 8 heavy (non-hydrogen) atoms. The molecule has 0 bridgehead atoms. The average Bonchev–Trinajstić information content (AvgIpc) is 1.81. The van der Waals surface area contributed by atoms with E-state index in [2.05, 4.69) is 12.2 Å². The number of hydrogen-bond donors (Lipinski definition) is 1. The molecule has 1 N–H and O–H groups in total. The van der Waals surface area contributed by atoms with Crippen LogP contribution >= 0.6 is 0 Å². The third-order valence-electron chi connectivity index (χ3n) is 0.670. The Labute approximate surface area is 49.8 Å². The van der Waals surface area contributed by atoms with Crippen LogP contribution in [0.25, 0.3) is 0 Å². The van der Waals surface area contributed by atoms with Gasteiger partial charge >= 0.3 is 0 Å². The van der Waals surface area contributed by atoms with Gasteiger partial charge in [0.05, 0.1) is 6.07 Å². The molecule has 0 atom stereocenters. The molecule has 2 nitrogen and oxygen atoms in total. The second-order valence-electron chi connectivity index (χ2n) is 1.42. The minimum absolute atomic E-state index is 0.943. The van der Waals surface area contributed by atoms with Crippen molar-refractivity contribution in [3.63, 3.8) is 0 Å². The van der Waals surface area contributed by atoms with E-state index in [0.29, 0.717) is 0 Å². The van der Waals surface area contributed by atoms with Crippen molar-refractivity contribution in [2.45, 2.75) is 13.3 Å². The van der Waals surface area contributed by atoms with Crippen LogP contribution in [0, 0.1) is 11.3 Å². The van der Waals surface area contributed by atoms with E-state index in [1.54, 1.807) is 6.20 Å². The second-order valence-corrected chi connectivity index (χ2v) is 1.42. The Morgan fingerprint density at radius 1 is 1.75 bits per heavy atom. The molecule has 0 aliphatic rings. The molecule has 0 amide bonds. The monoisotopic (exact) mass is 110 g/mol. The lowest BCUT2D eigenvalue weighted by Crippen LogP contribution is -2.04. The molecule has 0 heterocycles. The highest BCUT2D eigenvalue weighted by Gasteiger charge is 1.70. The first-order valence-corrected chi connectivity index (χ1v) is 2.69. The fraction of sp³-hybridized carbons (Fsp3) is 0.500. The number of hydrogen-bond acceptors (Lipinski definition) is 2. The van der Waals surface area contributed by atoms with Crippen LogP contribution in [0.5, 0.6) is 0 Å². The highest BCUT2D eigenvalue weighted by Crippen LogP contribution is 1.68. The van der Waals surface area contributed by atoms with Crippen molar-refractivity contribution in [2.24, 2.45) is 0 Å². The van der Waals surface area contributed by atoms with Gasteiger partial charge in [-0.3, -0.25) is 0 Å². The van der Waals surface area contributed by atoms with Gasteiger partial charge in [0.25, 0.3) is 0 Å². The lowest BCUT2D eigenvalue weighted by molar-refractivity contribution is 0.809. The van der Waals surface area contributed by atoms with E-state index < -0.39 is 0 Å². The molecular weight excluding hydrogens is 100 g/mol. The first kappa shape index (κ1) is 7.03. The predicted octanol–water partition coefficient (Wildman–Crippen LogP) is 1.02. The topological polar surface area (TPSA) is 35.8 Å². The van der Waals surface area contributed by atoms with Crippen molar-refractivity contribution in [2.75, 3.05) is 6.54 Å². The average molecular weight is 110 g/mol. The van der Waals surface area contributed by atoms with Gasteiger partial charge in [-0.2, -0.15) is 5.26 Å². The third-order valence-corrected chi connectivity index (χ3v) is 0.670. The van der Waals surface area contributed by atoms with Crippen LogP contribution in [-0.4, -0.2) is 6.54 Å². The first-order valence-electron chi connectivity index (χ1n) is 2.69. The highest BCUT2D eigenvalue weighted by atomic mass is 14.8. The van der Waals surface area contributed by atoms with Gasteiger partial charge in [-0.05, 0) is 6.42 Å². The third kappa shape index (κ3) is 5.03. The second kappa shape index (κ2) is 6.03. The molecular formula is C6H10N2. The van der Waals surface area contributed by atoms with Gasteiger partial charge < -0.3 is 5.32 Å². The van der Waals surface area contributed by atoms with Crippen molar-refractivity contribution in [3.05, 3.63) is 12.3 Å². The fourth-order valence-corrected chi connectivity index (χ4v) is 0.324. The number of rotatable bonds is 3. The van der Waals surface area contributed by atoms with Gasteiger partial charge in [-0.25, -0.2) is 0 Å². The van der Waals surface area contributed by atoms with Crippen LogP contribution in [0.2, 0.25) is 0 Å². The van der Waals surface area contributed by atoms with Gasteiger partial charge in [0, 0.05) is 18.8 Å². The zero-order valence-electron chi connectivity index (χ0n) is 5.02. The summed E-state index contributed by atoms with van der Waals surface area (Å²) in [5.41, 5.74) is 0. The van der Waals surface area contributed by atoms with Crippen LogP contribution in [0.3, 0.4) is 0 Å². The Bertz CT molecular complexity index is 99.6. The van der Waals surface area contributed by atoms with E-state index >= 15 is 0 Å². The Balaban J connectivity index is 2.94. The molecule has 0 aromatic heterocycles. The van der Waals surface area contributed by atoms with Crippen molar-refractivity contribution < 1.29 is 0 Å². The normalized spacial score (nSPS) is 9.00. The molecule has 0 aliphatic heterocycles. The maximum Gasteiger partial charge on any atom is 0.0927 e. The van der Waals surface area contributed by atoms with E-state index in [9.17, 15) is 0 Å². The number of nitriles is 1. The van der Waals surface area contributed by atoms with Crippen molar-refractivity contribution in [3.8, 4) is 6.07 Å². The van der Waals surface area contributed by atoms with E-state index in [-0.39, 0.29) is 0 Å². The van der Waals surface area contributed by atoms with Crippen molar-refractivity contribution in [1.82, 2.24) is 5.32 Å². The van der Waals surface area contributed by atoms with E-state index in [0.717, 1.165) is 13.0 Å². The molecule has 0 saturated carbocycles. The summed E-state index contributed by atoms with van der Waals surface area (Å²) in [7, 11) is 0. The quantitative estimate of drug-likeness (QED) is 0.435. The Morgan fingerprint density at radius 2 is 2.50 bits per heavy atom. The number of nitrogens with zero attached hydrogens (tertiary/aromatic N) is 1. The zero-order chi connectivity index (χ0) is 6.24. The molecule has 0 aromatic rings. The Hall–Kier alpha value is -0.970. The minimum Gasteiger partial charge on any atom is -0.390 e. The van der Waals surface area contributed by atoms with Crippen LogP contribution in [-0.2, 0) is 0 Å². The molecule has 0 aromatic carbocycles. The maximum atomic E-state index is 7.99. The van der Waals surface area contributed by atoms with Gasteiger partial charge in [0.1, 0.15) is 0 Å².